The van der Waals surface area contributed by atoms with Crippen LogP contribution in [0.1, 0.15) is 24.2 Å². The van der Waals surface area contributed by atoms with Crippen LogP contribution < -0.4 is 15.6 Å². The highest BCUT2D eigenvalue weighted by molar-refractivity contribution is 5.93. The predicted molar refractivity (Wildman–Crippen MR) is 95.6 cm³/mol. The maximum Gasteiger partial charge on any atom is 0.471 e. The Bertz CT molecular complexity index is 1070. The third-order valence-electron chi connectivity index (χ3n) is 4.81. The summed E-state index contributed by atoms with van der Waals surface area (Å²) in [5, 5.41) is 10.9. The van der Waals surface area contributed by atoms with E-state index < -0.39 is 40.4 Å². The molecule has 1 saturated heterocycles. The van der Waals surface area contributed by atoms with Gasteiger partial charge in [0.1, 0.15) is 11.4 Å². The second-order valence-corrected chi connectivity index (χ2v) is 7.15. The fourth-order valence-corrected chi connectivity index (χ4v) is 3.45. The van der Waals surface area contributed by atoms with Crippen molar-refractivity contribution in [3.8, 4) is 0 Å². The molecule has 1 aliphatic rings. The number of aryl methyl sites for hydroxylation is 1. The zero-order valence-electron chi connectivity index (χ0n) is 15.4. The number of carbonyl (C=O) groups is 2. The van der Waals surface area contributed by atoms with Crippen molar-refractivity contribution in [2.45, 2.75) is 32.1 Å². The Balaban J connectivity index is 1.96. The topological polar surface area (TPSA) is 91.6 Å². The van der Waals surface area contributed by atoms with Crippen molar-refractivity contribution in [1.82, 2.24) is 9.88 Å². The van der Waals surface area contributed by atoms with Gasteiger partial charge >= 0.3 is 18.1 Å². The van der Waals surface area contributed by atoms with Crippen LogP contribution in [0.15, 0.2) is 23.1 Å². The number of aromatic nitrogens is 1. The smallest absolute Gasteiger partial charge is 0.471 e. The number of nitrogens with zero attached hydrogens (tertiary/aromatic N) is 2. The van der Waals surface area contributed by atoms with Crippen LogP contribution >= 0.6 is 0 Å². The van der Waals surface area contributed by atoms with E-state index in [1.807, 2.05) is 5.32 Å². The van der Waals surface area contributed by atoms with E-state index in [1.165, 1.54) is 28.7 Å². The van der Waals surface area contributed by atoms with Gasteiger partial charge in [-0.15, -0.1) is 0 Å². The third kappa shape index (κ3) is 3.64. The van der Waals surface area contributed by atoms with Crippen LogP contribution in [-0.4, -0.2) is 46.4 Å². The van der Waals surface area contributed by atoms with Crippen molar-refractivity contribution in [2.24, 2.45) is 0 Å². The highest BCUT2D eigenvalue weighted by Gasteiger charge is 2.47. The minimum atomic E-state index is -5.02. The molecule has 2 N–H and O–H groups in total. The number of hydrogen-bond acceptors (Lipinski definition) is 4. The Morgan fingerprint density at radius 1 is 1.28 bits per heavy atom. The summed E-state index contributed by atoms with van der Waals surface area (Å²) in [5.41, 5.74) is -2.16. The molecule has 0 bridgehead atoms. The number of amides is 1. The monoisotopic (exact) mass is 415 g/mol. The van der Waals surface area contributed by atoms with E-state index in [4.69, 9.17) is 5.11 Å². The Morgan fingerprint density at radius 2 is 1.90 bits per heavy atom. The lowest BCUT2D eigenvalue weighted by Gasteiger charge is -2.49. The molecule has 0 saturated carbocycles. The Morgan fingerprint density at radius 3 is 2.41 bits per heavy atom. The first-order valence-corrected chi connectivity index (χ1v) is 8.60. The van der Waals surface area contributed by atoms with Gasteiger partial charge in [-0.05, 0) is 26.0 Å². The molecule has 0 radical (unpaired) electrons. The van der Waals surface area contributed by atoms with E-state index >= 15 is 0 Å². The molecule has 0 spiro atoms. The Kier molecular flexibility index (Phi) is 4.80. The number of benzene rings is 1. The summed E-state index contributed by atoms with van der Waals surface area (Å²) >= 11 is 0. The molecule has 156 valence electrons. The normalized spacial score (nSPS) is 15.9. The standard InChI is InChI=1S/C18H17F4N3O4/c1-3-24-6-10(15(27)28)14(26)9-4-11(19)13(5-12(9)24)25-7-17(2,8-25)23-16(29)18(20,21)22/h4-6H,3,7-8H2,1-2H3,(H,23,29)(H,27,28). The molecule has 1 aromatic carbocycles. The molecule has 1 aliphatic heterocycles. The molecule has 0 atom stereocenters. The second-order valence-electron chi connectivity index (χ2n) is 7.15. The number of carboxylic acid groups (broad SMARTS) is 1. The Hall–Kier alpha value is -3.11. The lowest BCUT2D eigenvalue weighted by Crippen LogP contribution is -2.70. The molecule has 1 fully saturated rings. The van der Waals surface area contributed by atoms with E-state index in [2.05, 4.69) is 0 Å². The fraction of sp³-hybridized carbons (Fsp3) is 0.389. The number of pyridine rings is 1. The average Bonchev–Trinajstić information content (AvgIpc) is 2.58. The van der Waals surface area contributed by atoms with E-state index in [1.54, 1.807) is 6.92 Å². The van der Waals surface area contributed by atoms with Crippen molar-refractivity contribution in [3.63, 3.8) is 0 Å². The number of anilines is 1. The number of aromatic carboxylic acids is 1. The van der Waals surface area contributed by atoms with Gasteiger partial charge in [0.25, 0.3) is 0 Å². The van der Waals surface area contributed by atoms with Crippen LogP contribution in [0.2, 0.25) is 0 Å². The molecular formula is C18H17F4N3O4. The van der Waals surface area contributed by atoms with Gasteiger partial charge in [-0.1, -0.05) is 0 Å². The van der Waals surface area contributed by atoms with Crippen molar-refractivity contribution in [1.29, 1.82) is 0 Å². The lowest BCUT2D eigenvalue weighted by molar-refractivity contribution is -0.175. The quantitative estimate of drug-likeness (QED) is 0.747. The first kappa shape index (κ1) is 20.6. The SMILES string of the molecule is CCn1cc(C(=O)O)c(=O)c2cc(F)c(N3CC(C)(NC(=O)C(F)(F)F)C3)cc21. The van der Waals surface area contributed by atoms with Gasteiger partial charge in [-0.25, -0.2) is 9.18 Å². The highest BCUT2D eigenvalue weighted by atomic mass is 19.4. The number of carboxylic acids is 1. The molecule has 3 rings (SSSR count). The summed E-state index contributed by atoms with van der Waals surface area (Å²) in [6.07, 6.45) is -3.85. The maximum absolute atomic E-state index is 14.6. The molecule has 2 heterocycles. The van der Waals surface area contributed by atoms with Gasteiger partial charge in [0.15, 0.2) is 0 Å². The number of nitrogens with one attached hydrogen (secondary N) is 1. The summed E-state index contributed by atoms with van der Waals surface area (Å²) in [6, 6.07) is 2.28. The van der Waals surface area contributed by atoms with Crippen LogP contribution in [-0.2, 0) is 11.3 Å². The largest absolute Gasteiger partial charge is 0.477 e. The minimum absolute atomic E-state index is 0.0425. The van der Waals surface area contributed by atoms with Crippen LogP contribution in [0, 0.1) is 5.82 Å². The van der Waals surface area contributed by atoms with Gasteiger partial charge in [0.05, 0.1) is 16.7 Å². The van der Waals surface area contributed by atoms with Gasteiger partial charge in [-0.2, -0.15) is 13.2 Å². The average molecular weight is 415 g/mol. The first-order valence-electron chi connectivity index (χ1n) is 8.60. The molecule has 1 amide bonds. The number of hydrogen-bond donors (Lipinski definition) is 2. The summed E-state index contributed by atoms with van der Waals surface area (Å²) in [6.45, 7) is 3.29. The van der Waals surface area contributed by atoms with Crippen LogP contribution in [0.5, 0.6) is 0 Å². The van der Waals surface area contributed by atoms with E-state index in [-0.39, 0.29) is 24.2 Å². The molecule has 11 heteroatoms. The number of fused-ring (bicyclic) bond motifs is 1. The van der Waals surface area contributed by atoms with E-state index in [9.17, 15) is 31.9 Å². The summed E-state index contributed by atoms with van der Waals surface area (Å²) in [4.78, 5) is 36.2. The summed E-state index contributed by atoms with van der Waals surface area (Å²) in [7, 11) is 0. The van der Waals surface area contributed by atoms with E-state index in [0.717, 1.165) is 6.07 Å². The Labute approximate surface area is 161 Å². The van der Waals surface area contributed by atoms with Crippen LogP contribution in [0.3, 0.4) is 0 Å². The number of alkyl halides is 3. The number of carbonyl (C=O) groups excluding carboxylic acids is 1. The summed E-state index contributed by atoms with van der Waals surface area (Å²) < 4.78 is 53.5. The predicted octanol–water partition coefficient (Wildman–Crippen LogP) is 2.12. The lowest BCUT2D eigenvalue weighted by atomic mass is 9.91. The molecule has 29 heavy (non-hydrogen) atoms. The molecule has 1 aromatic heterocycles. The van der Waals surface area contributed by atoms with Gasteiger partial charge in [-0.3, -0.25) is 9.59 Å². The van der Waals surface area contributed by atoms with Crippen molar-refractivity contribution in [2.75, 3.05) is 18.0 Å². The zero-order chi connectivity index (χ0) is 21.7. The van der Waals surface area contributed by atoms with Crippen molar-refractivity contribution in [3.05, 3.63) is 39.9 Å². The third-order valence-corrected chi connectivity index (χ3v) is 4.81. The molecular weight excluding hydrogens is 398 g/mol. The number of halogens is 4. The van der Waals surface area contributed by atoms with Crippen LogP contribution in [0.25, 0.3) is 10.9 Å². The van der Waals surface area contributed by atoms with Crippen molar-refractivity contribution < 1.29 is 32.3 Å². The van der Waals surface area contributed by atoms with E-state index in [0.29, 0.717) is 12.1 Å². The highest BCUT2D eigenvalue weighted by Crippen LogP contribution is 2.33. The van der Waals surface area contributed by atoms with Crippen LogP contribution in [0.4, 0.5) is 23.2 Å². The minimum Gasteiger partial charge on any atom is -0.477 e. The fourth-order valence-electron chi connectivity index (χ4n) is 3.45. The zero-order valence-corrected chi connectivity index (χ0v) is 15.4. The first-order chi connectivity index (χ1) is 13.4. The van der Waals surface area contributed by atoms with Crippen molar-refractivity contribution >= 4 is 28.5 Å². The van der Waals surface area contributed by atoms with Gasteiger partial charge in [0.2, 0.25) is 5.43 Å². The van der Waals surface area contributed by atoms with Gasteiger partial charge in [0, 0.05) is 31.2 Å². The second kappa shape index (κ2) is 6.75. The summed E-state index contributed by atoms with van der Waals surface area (Å²) in [5.74, 6) is -4.31. The molecule has 0 aliphatic carbocycles. The molecule has 7 nitrogen and oxygen atoms in total. The number of rotatable bonds is 4. The maximum atomic E-state index is 14.6. The molecule has 2 aromatic rings. The van der Waals surface area contributed by atoms with Gasteiger partial charge < -0.3 is 19.9 Å². The molecule has 0 unspecified atom stereocenters.